The lowest BCUT2D eigenvalue weighted by atomic mass is 10.1. The first-order chi connectivity index (χ1) is 16.9. The molecule has 0 atom stereocenters. The molecular weight excluding hydrogens is 462 g/mol. The molecule has 0 aliphatic heterocycles. The van der Waals surface area contributed by atoms with Crippen molar-refractivity contribution in [2.45, 2.75) is 45.1 Å². The van der Waals surface area contributed by atoms with Gasteiger partial charge in [-0.05, 0) is 49.6 Å². The van der Waals surface area contributed by atoms with Crippen LogP contribution in [0, 0.1) is 13.0 Å². The summed E-state index contributed by atoms with van der Waals surface area (Å²) < 4.78 is 0. The lowest BCUT2D eigenvalue weighted by Gasteiger charge is -2.20. The number of hydrogen-bond donors (Lipinski definition) is 2. The van der Waals surface area contributed by atoms with Crippen molar-refractivity contribution in [3.8, 4) is 0 Å². The molecule has 0 saturated heterocycles. The van der Waals surface area contributed by atoms with Crippen LogP contribution in [0.5, 0.6) is 0 Å². The summed E-state index contributed by atoms with van der Waals surface area (Å²) in [5, 5.41) is 6.19. The first-order valence-corrected chi connectivity index (χ1v) is 12.2. The molecule has 1 aliphatic carbocycles. The highest BCUT2D eigenvalue weighted by Gasteiger charge is 2.19. The number of aryl methyl sites for hydroxylation is 1. The average molecular weight is 491 g/mol. The molecule has 1 aliphatic rings. The lowest BCUT2D eigenvalue weighted by Crippen LogP contribution is -2.40. The van der Waals surface area contributed by atoms with Crippen molar-refractivity contribution >= 4 is 34.9 Å². The third-order valence-electron chi connectivity index (χ3n) is 6.03. The van der Waals surface area contributed by atoms with Gasteiger partial charge in [0, 0.05) is 30.8 Å². The largest absolute Gasteiger partial charge is 0.352 e. The molecule has 3 aromatic rings. The maximum atomic E-state index is 12.4. The molecule has 2 N–H and O–H groups in total. The van der Waals surface area contributed by atoms with E-state index in [1.807, 2.05) is 43.3 Å². The molecule has 8 heteroatoms. The number of nitrogens with one attached hydrogen (secondary N) is 2. The summed E-state index contributed by atoms with van der Waals surface area (Å²) in [6.07, 6.45) is 4.87. The summed E-state index contributed by atoms with van der Waals surface area (Å²) in [6, 6.07) is 18.1. The number of rotatable bonds is 8. The predicted octanol–water partition coefficient (Wildman–Crippen LogP) is 4.58. The fourth-order valence-electron chi connectivity index (χ4n) is 4.10. The van der Waals surface area contributed by atoms with Gasteiger partial charge in [-0.3, -0.25) is 9.59 Å². The smallest absolute Gasteiger partial charge is 0.255 e. The van der Waals surface area contributed by atoms with Crippen molar-refractivity contribution < 1.29 is 9.59 Å². The molecule has 1 radical (unpaired) electrons. The van der Waals surface area contributed by atoms with Crippen molar-refractivity contribution in [1.82, 2.24) is 15.3 Å². The minimum absolute atomic E-state index is 0.0349. The van der Waals surface area contributed by atoms with Crippen LogP contribution in [0.15, 0.2) is 48.5 Å². The van der Waals surface area contributed by atoms with E-state index < -0.39 is 0 Å². The summed E-state index contributed by atoms with van der Waals surface area (Å²) in [7, 11) is 1.79. The van der Waals surface area contributed by atoms with Crippen LogP contribution in [0.2, 0.25) is 5.15 Å². The Morgan fingerprint density at radius 2 is 1.74 bits per heavy atom. The molecule has 1 aromatic heterocycles. The number of aromatic nitrogens is 2. The van der Waals surface area contributed by atoms with E-state index in [9.17, 15) is 9.59 Å². The second-order valence-corrected chi connectivity index (χ2v) is 9.34. The van der Waals surface area contributed by atoms with Crippen molar-refractivity contribution in [3.63, 3.8) is 0 Å². The monoisotopic (exact) mass is 490 g/mol. The SMILES string of the molecule is Cc1ccc(C(=O)Nc2ccc(Cc3nc(Cl)[c]c(N(C)CC(=O)NC4CCCC4)n3)cc2)cc1. The summed E-state index contributed by atoms with van der Waals surface area (Å²) in [6.45, 7) is 2.16. The highest BCUT2D eigenvalue weighted by Crippen LogP contribution is 2.19. The fraction of sp³-hybridized carbons (Fsp3) is 0.333. The number of hydrogen-bond acceptors (Lipinski definition) is 5. The van der Waals surface area contributed by atoms with E-state index in [2.05, 4.69) is 26.7 Å². The highest BCUT2D eigenvalue weighted by molar-refractivity contribution is 6.29. The van der Waals surface area contributed by atoms with Crippen LogP contribution in [0.25, 0.3) is 0 Å². The lowest BCUT2D eigenvalue weighted by molar-refractivity contribution is -0.120. The van der Waals surface area contributed by atoms with E-state index in [1.54, 1.807) is 24.1 Å². The summed E-state index contributed by atoms with van der Waals surface area (Å²) in [5.74, 6) is 0.815. The molecular formula is C27H29ClN5O2. The van der Waals surface area contributed by atoms with Crippen LogP contribution < -0.4 is 15.5 Å². The van der Waals surface area contributed by atoms with Crippen LogP contribution in [0.1, 0.15) is 53.0 Å². The zero-order valence-corrected chi connectivity index (χ0v) is 20.7. The van der Waals surface area contributed by atoms with Gasteiger partial charge >= 0.3 is 0 Å². The molecule has 1 saturated carbocycles. The van der Waals surface area contributed by atoms with Crippen molar-refractivity contribution in [2.75, 3.05) is 23.8 Å². The van der Waals surface area contributed by atoms with Crippen LogP contribution >= 0.6 is 11.6 Å². The number of likely N-dealkylation sites (N-methyl/N-ethyl adjacent to an activating group) is 1. The number of carbonyl (C=O) groups excluding carboxylic acids is 2. The van der Waals surface area contributed by atoms with Gasteiger partial charge in [0.25, 0.3) is 5.91 Å². The van der Waals surface area contributed by atoms with Gasteiger partial charge in [-0.1, -0.05) is 54.3 Å². The van der Waals surface area contributed by atoms with E-state index in [-0.39, 0.29) is 29.6 Å². The van der Waals surface area contributed by atoms with Gasteiger partial charge in [-0.25, -0.2) is 9.97 Å². The number of amides is 2. The Morgan fingerprint density at radius 1 is 1.06 bits per heavy atom. The minimum atomic E-state index is -0.156. The Balaban J connectivity index is 1.36. The molecule has 4 rings (SSSR count). The van der Waals surface area contributed by atoms with Crippen molar-refractivity contribution in [1.29, 1.82) is 0 Å². The van der Waals surface area contributed by atoms with Gasteiger partial charge < -0.3 is 15.5 Å². The summed E-state index contributed by atoms with van der Waals surface area (Å²) in [5.41, 5.74) is 3.38. The minimum Gasteiger partial charge on any atom is -0.352 e. The molecule has 1 heterocycles. The van der Waals surface area contributed by atoms with Crippen LogP contribution in [-0.4, -0.2) is 41.4 Å². The van der Waals surface area contributed by atoms with Gasteiger partial charge in [0.2, 0.25) is 5.91 Å². The number of nitrogens with zero attached hydrogens (tertiary/aromatic N) is 3. The highest BCUT2D eigenvalue weighted by atomic mass is 35.5. The number of benzene rings is 2. The first-order valence-electron chi connectivity index (χ1n) is 11.8. The molecule has 1 fully saturated rings. The Morgan fingerprint density at radius 3 is 2.43 bits per heavy atom. The molecule has 7 nitrogen and oxygen atoms in total. The maximum Gasteiger partial charge on any atom is 0.255 e. The topological polar surface area (TPSA) is 87.2 Å². The predicted molar refractivity (Wildman–Crippen MR) is 138 cm³/mol. The molecule has 0 unspecified atom stereocenters. The maximum absolute atomic E-state index is 12.4. The first kappa shape index (κ1) is 24.7. The van der Waals surface area contributed by atoms with Crippen LogP contribution in [0.3, 0.4) is 0 Å². The number of halogens is 1. The van der Waals surface area contributed by atoms with E-state index in [1.165, 1.54) is 12.8 Å². The molecule has 35 heavy (non-hydrogen) atoms. The van der Waals surface area contributed by atoms with Crippen LogP contribution in [-0.2, 0) is 11.2 Å². The Kier molecular flexibility index (Phi) is 7.98. The number of carbonyl (C=O) groups is 2. The summed E-state index contributed by atoms with van der Waals surface area (Å²) in [4.78, 5) is 35.4. The standard InChI is InChI=1S/C27H29ClN5O2/c1-18-7-11-20(12-8-18)27(35)30-22-13-9-19(10-14-22)15-24-31-23(28)16-25(32-24)33(2)17-26(34)29-21-5-3-4-6-21/h7-14,21H,3-6,15,17H2,1-2H3,(H,29,34)(H,30,35). The third-order valence-corrected chi connectivity index (χ3v) is 6.21. The van der Waals surface area contributed by atoms with Gasteiger partial charge in [0.1, 0.15) is 16.8 Å². The fourth-order valence-corrected chi connectivity index (χ4v) is 4.28. The van der Waals surface area contributed by atoms with E-state index in [0.717, 1.165) is 24.0 Å². The molecule has 181 valence electrons. The zero-order valence-electron chi connectivity index (χ0n) is 20.0. The Labute approximate surface area is 210 Å². The second-order valence-electron chi connectivity index (χ2n) is 8.98. The van der Waals surface area contributed by atoms with Crippen LogP contribution in [0.4, 0.5) is 11.5 Å². The van der Waals surface area contributed by atoms with E-state index in [0.29, 0.717) is 29.3 Å². The molecule has 2 amide bonds. The van der Waals surface area contributed by atoms with E-state index in [4.69, 9.17) is 11.6 Å². The summed E-state index contributed by atoms with van der Waals surface area (Å²) >= 11 is 6.20. The zero-order chi connectivity index (χ0) is 24.8. The Bertz CT molecular complexity index is 1180. The molecule has 0 spiro atoms. The third kappa shape index (κ3) is 7.02. The van der Waals surface area contributed by atoms with Gasteiger partial charge in [-0.2, -0.15) is 0 Å². The number of anilines is 2. The van der Waals surface area contributed by atoms with Crippen molar-refractivity contribution in [3.05, 3.63) is 82.3 Å². The van der Waals surface area contributed by atoms with Crippen molar-refractivity contribution in [2.24, 2.45) is 0 Å². The quantitative estimate of drug-likeness (QED) is 0.451. The normalized spacial score (nSPS) is 13.5. The average Bonchev–Trinajstić information content (AvgIpc) is 3.33. The molecule has 0 bridgehead atoms. The van der Waals surface area contributed by atoms with Gasteiger partial charge in [0.15, 0.2) is 0 Å². The van der Waals surface area contributed by atoms with Gasteiger partial charge in [-0.15, -0.1) is 0 Å². The van der Waals surface area contributed by atoms with E-state index >= 15 is 0 Å². The molecule has 2 aromatic carbocycles. The Hall–Kier alpha value is -3.45. The second kappa shape index (κ2) is 11.3. The van der Waals surface area contributed by atoms with Gasteiger partial charge in [0.05, 0.1) is 12.6 Å².